The van der Waals surface area contributed by atoms with Gasteiger partial charge in [0.1, 0.15) is 0 Å². The number of amides is 1. The number of nitrogens with zero attached hydrogens (tertiary/aromatic N) is 1. The van der Waals surface area contributed by atoms with Gasteiger partial charge >= 0.3 is 0 Å². The Balaban J connectivity index is 2.43. The van der Waals surface area contributed by atoms with E-state index in [0.29, 0.717) is 12.3 Å². The molecule has 1 heterocycles. The largest absolute Gasteiger partial charge is 0.394 e. The van der Waals surface area contributed by atoms with E-state index in [-0.39, 0.29) is 24.0 Å². The Morgan fingerprint density at radius 1 is 1.47 bits per heavy atom. The van der Waals surface area contributed by atoms with Crippen molar-refractivity contribution in [1.29, 1.82) is 0 Å². The molecular weight excluding hydrogens is 214 g/mol. The molecule has 0 spiro atoms. The van der Waals surface area contributed by atoms with Crippen molar-refractivity contribution in [3.05, 3.63) is 0 Å². The second-order valence-electron chi connectivity index (χ2n) is 6.64. The van der Waals surface area contributed by atoms with Crippen LogP contribution in [0, 0.1) is 11.3 Å². The molecule has 1 N–H and O–H groups in total. The highest BCUT2D eigenvalue weighted by Crippen LogP contribution is 2.27. The van der Waals surface area contributed by atoms with Gasteiger partial charge in [0.15, 0.2) is 0 Å². The molecule has 0 bridgehead atoms. The van der Waals surface area contributed by atoms with Crippen molar-refractivity contribution in [2.24, 2.45) is 11.3 Å². The molecule has 17 heavy (non-hydrogen) atoms. The second kappa shape index (κ2) is 5.85. The van der Waals surface area contributed by atoms with Crippen LogP contribution in [-0.4, -0.2) is 35.1 Å². The highest BCUT2D eigenvalue weighted by Gasteiger charge is 2.29. The molecule has 0 aliphatic carbocycles. The Morgan fingerprint density at radius 3 is 2.65 bits per heavy atom. The van der Waals surface area contributed by atoms with E-state index in [2.05, 4.69) is 27.7 Å². The fraction of sp³-hybridized carbons (Fsp3) is 0.929. The van der Waals surface area contributed by atoms with Gasteiger partial charge in [-0.25, -0.2) is 0 Å². The molecule has 0 aromatic rings. The molecule has 0 radical (unpaired) electrons. The monoisotopic (exact) mass is 241 g/mol. The molecule has 1 rings (SSSR count). The molecule has 2 atom stereocenters. The van der Waals surface area contributed by atoms with Crippen molar-refractivity contribution >= 4 is 5.91 Å². The fourth-order valence-electron chi connectivity index (χ4n) is 2.89. The lowest BCUT2D eigenvalue weighted by atomic mass is 9.84. The Hall–Kier alpha value is -0.570. The average molecular weight is 241 g/mol. The molecule has 0 saturated carbocycles. The van der Waals surface area contributed by atoms with Crippen LogP contribution in [0.4, 0.5) is 0 Å². The van der Waals surface area contributed by atoms with Crippen LogP contribution in [0.3, 0.4) is 0 Å². The van der Waals surface area contributed by atoms with Crippen LogP contribution >= 0.6 is 0 Å². The lowest BCUT2D eigenvalue weighted by Gasteiger charge is -2.27. The predicted molar refractivity (Wildman–Crippen MR) is 69.7 cm³/mol. The van der Waals surface area contributed by atoms with Crippen molar-refractivity contribution in [3.8, 4) is 0 Å². The number of hydrogen-bond donors (Lipinski definition) is 1. The Labute approximate surface area is 105 Å². The molecule has 0 aromatic carbocycles. The van der Waals surface area contributed by atoms with E-state index in [9.17, 15) is 9.90 Å². The summed E-state index contributed by atoms with van der Waals surface area (Å²) < 4.78 is 0. The van der Waals surface area contributed by atoms with Crippen molar-refractivity contribution in [2.75, 3.05) is 13.2 Å². The number of carbonyl (C=O) groups excluding carboxylic acids is 1. The van der Waals surface area contributed by atoms with Gasteiger partial charge in [0, 0.05) is 13.0 Å². The highest BCUT2D eigenvalue weighted by atomic mass is 16.3. The lowest BCUT2D eigenvalue weighted by Crippen LogP contribution is -2.38. The number of aliphatic hydroxyl groups excluding tert-OH is 1. The summed E-state index contributed by atoms with van der Waals surface area (Å²) in [6, 6.07) is 0.0735. The predicted octanol–water partition coefficient (Wildman–Crippen LogP) is 2.43. The molecule has 3 heteroatoms. The first-order chi connectivity index (χ1) is 7.83. The Kier molecular flexibility index (Phi) is 4.99. The summed E-state index contributed by atoms with van der Waals surface area (Å²) in [5.41, 5.74) is 0.279. The van der Waals surface area contributed by atoms with Crippen molar-refractivity contribution in [2.45, 2.75) is 59.4 Å². The van der Waals surface area contributed by atoms with E-state index < -0.39 is 0 Å². The van der Waals surface area contributed by atoms with Crippen LogP contribution in [0.1, 0.15) is 53.4 Å². The molecule has 1 amide bonds. The van der Waals surface area contributed by atoms with Crippen LogP contribution in [0.25, 0.3) is 0 Å². The van der Waals surface area contributed by atoms with Gasteiger partial charge in [0.2, 0.25) is 5.91 Å². The standard InChI is InChI=1S/C14H27NO2/c1-11(9-14(2,3)4)8-13(17)15-7-5-6-12(15)10-16/h11-12,16H,5-10H2,1-4H3/t11?,12-/m1/s1. The molecule has 0 aromatic heterocycles. The number of rotatable bonds is 4. The number of carbonyl (C=O) groups is 1. The van der Waals surface area contributed by atoms with Crippen molar-refractivity contribution in [1.82, 2.24) is 4.90 Å². The summed E-state index contributed by atoms with van der Waals surface area (Å²) in [5.74, 6) is 0.640. The Bertz CT molecular complexity index is 257. The normalized spacial score (nSPS) is 22.9. The molecule has 1 aliphatic rings. The number of hydrogen-bond acceptors (Lipinski definition) is 2. The molecule has 1 unspecified atom stereocenters. The van der Waals surface area contributed by atoms with Crippen LogP contribution in [0.15, 0.2) is 0 Å². The summed E-state index contributed by atoms with van der Waals surface area (Å²) in [4.78, 5) is 14.0. The topological polar surface area (TPSA) is 40.5 Å². The van der Waals surface area contributed by atoms with Crippen LogP contribution in [0.5, 0.6) is 0 Å². The summed E-state index contributed by atoms with van der Waals surface area (Å²) in [7, 11) is 0. The van der Waals surface area contributed by atoms with Crippen LogP contribution in [-0.2, 0) is 4.79 Å². The maximum absolute atomic E-state index is 12.1. The highest BCUT2D eigenvalue weighted by molar-refractivity contribution is 5.77. The summed E-state index contributed by atoms with van der Waals surface area (Å²) in [6.07, 6.45) is 3.67. The summed E-state index contributed by atoms with van der Waals surface area (Å²) in [5, 5.41) is 9.21. The minimum Gasteiger partial charge on any atom is -0.394 e. The molecular formula is C14H27NO2. The van der Waals surface area contributed by atoms with Gasteiger partial charge < -0.3 is 10.0 Å². The van der Waals surface area contributed by atoms with Gasteiger partial charge in [-0.3, -0.25) is 4.79 Å². The third-order valence-electron chi connectivity index (χ3n) is 3.39. The van der Waals surface area contributed by atoms with Gasteiger partial charge in [0.25, 0.3) is 0 Å². The summed E-state index contributed by atoms with van der Waals surface area (Å²) in [6.45, 7) is 9.71. The smallest absolute Gasteiger partial charge is 0.223 e. The van der Waals surface area contributed by atoms with Gasteiger partial charge in [-0.05, 0) is 30.6 Å². The molecule has 1 fully saturated rings. The van der Waals surface area contributed by atoms with E-state index in [4.69, 9.17) is 0 Å². The SMILES string of the molecule is CC(CC(=O)N1CCC[C@@H]1CO)CC(C)(C)C. The molecule has 1 saturated heterocycles. The van der Waals surface area contributed by atoms with Gasteiger partial charge in [-0.2, -0.15) is 0 Å². The Morgan fingerprint density at radius 2 is 2.12 bits per heavy atom. The third kappa shape index (κ3) is 4.66. The number of aliphatic hydroxyl groups is 1. The van der Waals surface area contributed by atoms with Crippen LogP contribution < -0.4 is 0 Å². The van der Waals surface area contributed by atoms with E-state index in [1.165, 1.54) is 0 Å². The molecule has 1 aliphatic heterocycles. The van der Waals surface area contributed by atoms with E-state index in [1.54, 1.807) is 0 Å². The maximum atomic E-state index is 12.1. The van der Waals surface area contributed by atoms with E-state index in [1.807, 2.05) is 4.90 Å². The quantitative estimate of drug-likeness (QED) is 0.821. The third-order valence-corrected chi connectivity index (χ3v) is 3.39. The maximum Gasteiger partial charge on any atom is 0.223 e. The molecule has 3 nitrogen and oxygen atoms in total. The zero-order chi connectivity index (χ0) is 13.1. The second-order valence-corrected chi connectivity index (χ2v) is 6.64. The van der Waals surface area contributed by atoms with Gasteiger partial charge in [-0.1, -0.05) is 27.7 Å². The van der Waals surface area contributed by atoms with E-state index >= 15 is 0 Å². The first-order valence-electron chi connectivity index (χ1n) is 6.74. The zero-order valence-electron chi connectivity index (χ0n) is 11.7. The summed E-state index contributed by atoms with van der Waals surface area (Å²) >= 11 is 0. The van der Waals surface area contributed by atoms with Crippen LogP contribution in [0.2, 0.25) is 0 Å². The average Bonchev–Trinajstić information content (AvgIpc) is 2.61. The first kappa shape index (κ1) is 14.5. The fourth-order valence-corrected chi connectivity index (χ4v) is 2.89. The zero-order valence-corrected chi connectivity index (χ0v) is 11.7. The first-order valence-corrected chi connectivity index (χ1v) is 6.74. The number of likely N-dealkylation sites (tertiary alicyclic amines) is 1. The minimum absolute atomic E-state index is 0.0735. The van der Waals surface area contributed by atoms with Gasteiger partial charge in [-0.15, -0.1) is 0 Å². The van der Waals surface area contributed by atoms with E-state index in [0.717, 1.165) is 25.8 Å². The minimum atomic E-state index is 0.0735. The molecule has 100 valence electrons. The van der Waals surface area contributed by atoms with Crippen molar-refractivity contribution in [3.63, 3.8) is 0 Å². The van der Waals surface area contributed by atoms with Gasteiger partial charge in [0.05, 0.1) is 12.6 Å². The lowest BCUT2D eigenvalue weighted by molar-refractivity contribution is -0.133. The van der Waals surface area contributed by atoms with Crippen molar-refractivity contribution < 1.29 is 9.90 Å².